The number of hydrogen-bond acceptors (Lipinski definition) is 4. The number of aryl methyl sites for hydroxylation is 1. The van der Waals surface area contributed by atoms with Gasteiger partial charge in [0.05, 0.1) is 11.3 Å². The largest absolute Gasteiger partial charge is 0.416 e. The van der Waals surface area contributed by atoms with Gasteiger partial charge in [0, 0.05) is 12.1 Å². The highest BCUT2D eigenvalue weighted by molar-refractivity contribution is 7.17. The minimum absolute atomic E-state index is 0.192. The third-order valence-corrected chi connectivity index (χ3v) is 4.98. The van der Waals surface area contributed by atoms with Crippen molar-refractivity contribution in [3.8, 4) is 10.6 Å². The van der Waals surface area contributed by atoms with Gasteiger partial charge in [0.1, 0.15) is 9.88 Å². The van der Waals surface area contributed by atoms with Gasteiger partial charge in [-0.25, -0.2) is 4.98 Å². The molecule has 0 bridgehead atoms. The van der Waals surface area contributed by atoms with Crippen LogP contribution in [0.5, 0.6) is 0 Å². The highest BCUT2D eigenvalue weighted by Gasteiger charge is 2.30. The summed E-state index contributed by atoms with van der Waals surface area (Å²) >= 11 is 1.19. The zero-order valence-electron chi connectivity index (χ0n) is 15.0. The molecule has 0 fully saturated rings. The molecule has 0 aliphatic heterocycles. The number of benzene rings is 1. The average molecular weight is 385 g/mol. The van der Waals surface area contributed by atoms with E-state index >= 15 is 0 Å². The van der Waals surface area contributed by atoms with E-state index in [2.05, 4.69) is 15.2 Å². The Kier molecular flexibility index (Phi) is 6.77. The number of thiazole rings is 1. The van der Waals surface area contributed by atoms with E-state index in [0.717, 1.165) is 31.5 Å². The van der Waals surface area contributed by atoms with E-state index in [9.17, 15) is 18.0 Å². The molecule has 0 atom stereocenters. The molecule has 0 saturated heterocycles. The number of nitrogens with zero attached hydrogens (tertiary/aromatic N) is 2. The van der Waals surface area contributed by atoms with Gasteiger partial charge in [-0.2, -0.15) is 13.2 Å². The first-order valence-electron chi connectivity index (χ1n) is 8.26. The van der Waals surface area contributed by atoms with Crippen LogP contribution in [0.15, 0.2) is 24.3 Å². The zero-order chi connectivity index (χ0) is 19.3. The SMILES string of the molecule is Cc1nc(-c2ccc(C(F)(F)F)cc2)sc1C(=O)NCCCCN(C)C. The summed E-state index contributed by atoms with van der Waals surface area (Å²) < 4.78 is 37.9. The van der Waals surface area contributed by atoms with E-state index < -0.39 is 11.7 Å². The normalized spacial score (nSPS) is 11.8. The van der Waals surface area contributed by atoms with E-state index in [1.165, 1.54) is 23.5 Å². The van der Waals surface area contributed by atoms with E-state index in [0.29, 0.717) is 27.7 Å². The molecule has 8 heteroatoms. The second kappa shape index (κ2) is 8.64. The molecular weight excluding hydrogens is 363 g/mol. The first-order chi connectivity index (χ1) is 12.2. The zero-order valence-corrected chi connectivity index (χ0v) is 15.8. The van der Waals surface area contributed by atoms with Gasteiger partial charge in [0.25, 0.3) is 5.91 Å². The Labute approximate surface area is 155 Å². The number of unbranched alkanes of at least 4 members (excludes halogenated alkanes) is 1. The van der Waals surface area contributed by atoms with Crippen molar-refractivity contribution in [3.63, 3.8) is 0 Å². The molecule has 0 spiro atoms. The third kappa shape index (κ3) is 5.54. The standard InChI is InChI=1S/C18H22F3N3OS/c1-12-15(16(25)22-10-4-5-11-24(2)3)26-17(23-12)13-6-8-14(9-7-13)18(19,20)21/h6-9H,4-5,10-11H2,1-3H3,(H,22,25). The molecule has 1 aromatic heterocycles. The molecule has 1 amide bonds. The van der Waals surface area contributed by atoms with Crippen LogP contribution in [-0.2, 0) is 6.18 Å². The number of amides is 1. The van der Waals surface area contributed by atoms with Gasteiger partial charge in [-0.15, -0.1) is 11.3 Å². The average Bonchev–Trinajstić information content (AvgIpc) is 2.95. The lowest BCUT2D eigenvalue weighted by Gasteiger charge is -2.09. The molecule has 2 aromatic rings. The van der Waals surface area contributed by atoms with Gasteiger partial charge in [0.15, 0.2) is 0 Å². The Morgan fingerprint density at radius 1 is 1.19 bits per heavy atom. The molecule has 0 unspecified atom stereocenters. The smallest absolute Gasteiger partial charge is 0.351 e. The maximum atomic E-state index is 12.6. The molecule has 1 N–H and O–H groups in total. The number of carbonyl (C=O) groups is 1. The molecule has 26 heavy (non-hydrogen) atoms. The van der Waals surface area contributed by atoms with Gasteiger partial charge in [-0.05, 0) is 52.5 Å². The van der Waals surface area contributed by atoms with Gasteiger partial charge in [0.2, 0.25) is 0 Å². The molecule has 2 rings (SSSR count). The number of carbonyl (C=O) groups excluding carboxylic acids is 1. The summed E-state index contributed by atoms with van der Waals surface area (Å²) in [4.78, 5) is 19.2. The minimum atomic E-state index is -4.37. The van der Waals surface area contributed by atoms with Crippen molar-refractivity contribution >= 4 is 17.2 Å². The summed E-state index contributed by atoms with van der Waals surface area (Å²) in [6.07, 6.45) is -2.49. The summed E-state index contributed by atoms with van der Waals surface area (Å²) in [6, 6.07) is 4.81. The number of rotatable bonds is 7. The van der Waals surface area contributed by atoms with Gasteiger partial charge in [-0.3, -0.25) is 4.79 Å². The van der Waals surface area contributed by atoms with Crippen molar-refractivity contribution in [2.45, 2.75) is 25.9 Å². The van der Waals surface area contributed by atoms with Crippen LogP contribution >= 0.6 is 11.3 Å². The molecule has 1 aromatic carbocycles. The van der Waals surface area contributed by atoms with Crippen LogP contribution in [0.1, 0.15) is 33.8 Å². The Morgan fingerprint density at radius 3 is 2.42 bits per heavy atom. The van der Waals surface area contributed by atoms with Crippen molar-refractivity contribution in [2.24, 2.45) is 0 Å². The lowest BCUT2D eigenvalue weighted by molar-refractivity contribution is -0.137. The monoisotopic (exact) mass is 385 g/mol. The summed E-state index contributed by atoms with van der Waals surface area (Å²) in [6.45, 7) is 3.28. The highest BCUT2D eigenvalue weighted by Crippen LogP contribution is 2.32. The van der Waals surface area contributed by atoms with Crippen LogP contribution in [0.4, 0.5) is 13.2 Å². The molecule has 0 aliphatic rings. The molecular formula is C18H22F3N3OS. The van der Waals surface area contributed by atoms with Crippen LogP contribution in [0.25, 0.3) is 10.6 Å². The van der Waals surface area contributed by atoms with Gasteiger partial charge < -0.3 is 10.2 Å². The van der Waals surface area contributed by atoms with Crippen LogP contribution in [0.3, 0.4) is 0 Å². The van der Waals surface area contributed by atoms with E-state index in [-0.39, 0.29) is 5.91 Å². The first-order valence-corrected chi connectivity index (χ1v) is 9.08. The second-order valence-corrected chi connectivity index (χ2v) is 7.27. The van der Waals surface area contributed by atoms with Crippen LogP contribution in [0, 0.1) is 6.92 Å². The minimum Gasteiger partial charge on any atom is -0.351 e. The summed E-state index contributed by atoms with van der Waals surface area (Å²) in [5.41, 5.74) is 0.442. The molecule has 4 nitrogen and oxygen atoms in total. The number of hydrogen-bond donors (Lipinski definition) is 1. The Bertz CT molecular complexity index is 739. The van der Waals surface area contributed by atoms with Crippen molar-refractivity contribution < 1.29 is 18.0 Å². The van der Waals surface area contributed by atoms with Gasteiger partial charge in [-0.1, -0.05) is 12.1 Å². The number of alkyl halides is 3. The van der Waals surface area contributed by atoms with Crippen LogP contribution in [0.2, 0.25) is 0 Å². The lowest BCUT2D eigenvalue weighted by atomic mass is 10.1. The van der Waals surface area contributed by atoms with Gasteiger partial charge >= 0.3 is 6.18 Å². The molecule has 0 saturated carbocycles. The van der Waals surface area contributed by atoms with Crippen molar-refractivity contribution in [1.29, 1.82) is 0 Å². The maximum Gasteiger partial charge on any atom is 0.416 e. The number of nitrogens with one attached hydrogen (secondary N) is 1. The predicted molar refractivity (Wildman–Crippen MR) is 97.4 cm³/mol. The predicted octanol–water partition coefficient (Wildman–Crippen LogP) is 4.21. The summed E-state index contributed by atoms with van der Waals surface area (Å²) in [7, 11) is 4.00. The lowest BCUT2D eigenvalue weighted by Crippen LogP contribution is -2.25. The molecule has 0 radical (unpaired) electrons. The fraction of sp³-hybridized carbons (Fsp3) is 0.444. The molecule has 1 heterocycles. The van der Waals surface area contributed by atoms with Crippen molar-refractivity contribution in [2.75, 3.05) is 27.2 Å². The van der Waals surface area contributed by atoms with E-state index in [4.69, 9.17) is 0 Å². The van der Waals surface area contributed by atoms with E-state index in [1.54, 1.807) is 6.92 Å². The topological polar surface area (TPSA) is 45.2 Å². The Balaban J connectivity index is 2.00. The molecule has 142 valence electrons. The van der Waals surface area contributed by atoms with Crippen LogP contribution in [-0.4, -0.2) is 43.0 Å². The summed E-state index contributed by atoms with van der Waals surface area (Å²) in [5, 5.41) is 3.41. The fourth-order valence-electron chi connectivity index (χ4n) is 2.37. The second-order valence-electron chi connectivity index (χ2n) is 6.27. The van der Waals surface area contributed by atoms with E-state index in [1.807, 2.05) is 14.1 Å². The third-order valence-electron chi connectivity index (χ3n) is 3.78. The number of aromatic nitrogens is 1. The first kappa shape index (κ1) is 20.4. The van der Waals surface area contributed by atoms with Crippen molar-refractivity contribution in [1.82, 2.24) is 15.2 Å². The maximum absolute atomic E-state index is 12.6. The molecule has 0 aliphatic carbocycles. The fourth-order valence-corrected chi connectivity index (χ4v) is 3.36. The Hall–Kier alpha value is -1.93. The highest BCUT2D eigenvalue weighted by atomic mass is 32.1. The number of halogens is 3. The quantitative estimate of drug-likeness (QED) is 0.727. The van der Waals surface area contributed by atoms with Crippen molar-refractivity contribution in [3.05, 3.63) is 40.4 Å². The summed E-state index contributed by atoms with van der Waals surface area (Å²) in [5.74, 6) is -0.192. The Morgan fingerprint density at radius 2 is 1.85 bits per heavy atom. The van der Waals surface area contributed by atoms with Crippen LogP contribution < -0.4 is 5.32 Å².